The van der Waals surface area contributed by atoms with Gasteiger partial charge in [-0.1, -0.05) is 18.2 Å². The van der Waals surface area contributed by atoms with Crippen molar-refractivity contribution in [3.05, 3.63) is 102 Å². The molecule has 1 aliphatic carbocycles. The third-order valence-corrected chi connectivity index (χ3v) is 6.93. The number of nitrogens with one attached hydrogen (secondary N) is 2. The van der Waals surface area contributed by atoms with Gasteiger partial charge in [0.25, 0.3) is 5.91 Å². The van der Waals surface area contributed by atoms with Crippen molar-refractivity contribution in [1.29, 1.82) is 0 Å². The highest BCUT2D eigenvalue weighted by Gasteiger charge is 2.28. The van der Waals surface area contributed by atoms with E-state index in [1.54, 1.807) is 13.8 Å². The van der Waals surface area contributed by atoms with Gasteiger partial charge < -0.3 is 20.2 Å². The van der Waals surface area contributed by atoms with Crippen molar-refractivity contribution in [3.8, 4) is 17.3 Å². The Morgan fingerprint density at radius 2 is 2.02 bits per heavy atom. The number of nitrogens with two attached hydrogens (primary N) is 1. The van der Waals surface area contributed by atoms with Gasteiger partial charge >= 0.3 is 6.03 Å². The summed E-state index contributed by atoms with van der Waals surface area (Å²) >= 11 is 0. The van der Waals surface area contributed by atoms with Gasteiger partial charge in [0, 0.05) is 25.7 Å². The number of rotatable bonds is 11. The molecule has 252 valence electrons. The summed E-state index contributed by atoms with van der Waals surface area (Å²) in [7, 11) is 1.41. The number of amides is 3. The molecule has 48 heavy (non-hydrogen) atoms. The van der Waals surface area contributed by atoms with E-state index in [1.165, 1.54) is 85.0 Å². The average molecular weight is 666 g/mol. The summed E-state index contributed by atoms with van der Waals surface area (Å²) in [6, 6.07) is 6.59. The molecule has 4 N–H and O–H groups in total. The number of nitrogens with zero attached hydrogens (tertiary/aromatic N) is 4. The molecule has 3 aromatic rings. The van der Waals surface area contributed by atoms with Gasteiger partial charge in [-0.3, -0.25) is 24.2 Å². The van der Waals surface area contributed by atoms with Gasteiger partial charge in [-0.2, -0.15) is 5.10 Å². The Morgan fingerprint density at radius 3 is 2.73 bits per heavy atom. The average Bonchev–Trinajstić information content (AvgIpc) is 3.47. The van der Waals surface area contributed by atoms with Crippen LogP contribution in [0.2, 0.25) is 0 Å². The molecular formula is C33H34F3N7O5. The highest BCUT2D eigenvalue weighted by atomic mass is 19.1. The number of aromatic nitrogens is 4. The molecule has 12 nitrogen and oxygen atoms in total. The molecule has 2 unspecified atom stereocenters. The van der Waals surface area contributed by atoms with E-state index in [2.05, 4.69) is 20.4 Å². The maximum atomic E-state index is 14.2. The zero-order valence-corrected chi connectivity index (χ0v) is 26.3. The molecule has 3 heterocycles. The first-order valence-corrected chi connectivity index (χ1v) is 14.7. The standard InChI is InChI=1S/C33H34F3N7O5/c1-4-8-28(44)41-33(46)42(3)25-13-15-38-24(11-6-12-27(25)47-16-7-14-34)30(45)21-18-40-43(32(21)37)26-19-39-29(17-20(26)2)48-31-22(35)9-5-10-23(31)36/h4-6,8-13,15,17-19,22,31,38H,7,14,16,37H2,1-3H3,(H,41,44,46)/b8-4+,12-6?,15-13?,24-11?,27-25?. The molecule has 4 rings (SSSR count). The number of hydrogen-bond acceptors (Lipinski definition) is 8. The third-order valence-electron chi connectivity index (χ3n) is 6.93. The summed E-state index contributed by atoms with van der Waals surface area (Å²) in [4.78, 5) is 46.5. The number of carbonyl (C=O) groups excluding carboxylic acids is 3. The lowest BCUT2D eigenvalue weighted by molar-refractivity contribution is -0.115. The van der Waals surface area contributed by atoms with Crippen molar-refractivity contribution < 1.29 is 37.0 Å². The number of pyridine rings is 1. The molecule has 3 aromatic heterocycles. The van der Waals surface area contributed by atoms with Crippen LogP contribution in [-0.4, -0.2) is 70.1 Å². The number of nitrogen functional groups attached to an aromatic ring is 1. The van der Waals surface area contributed by atoms with Crippen molar-refractivity contribution in [3.63, 3.8) is 0 Å². The lowest BCUT2D eigenvalue weighted by Gasteiger charge is -2.21. The third kappa shape index (κ3) is 8.29. The van der Waals surface area contributed by atoms with Crippen LogP contribution in [0.4, 0.5) is 29.5 Å². The number of alkyl halides is 2. The van der Waals surface area contributed by atoms with E-state index in [-0.39, 0.29) is 47.4 Å². The zero-order chi connectivity index (χ0) is 34.8. The monoisotopic (exact) mass is 665 g/mol. The number of aromatic amines is 1. The molecule has 0 saturated heterocycles. The first-order chi connectivity index (χ1) is 23.0. The van der Waals surface area contributed by atoms with Crippen LogP contribution in [-0.2, 0) is 4.79 Å². The molecule has 15 heteroatoms. The minimum atomic E-state index is -1.68. The topological polar surface area (TPSA) is 157 Å². The second kappa shape index (κ2) is 16.1. The first-order valence-electron chi connectivity index (χ1n) is 14.7. The molecule has 2 atom stereocenters. The van der Waals surface area contributed by atoms with Gasteiger partial charge in [0.15, 0.2) is 12.3 Å². The molecular weight excluding hydrogens is 631 g/mol. The number of allylic oxidation sites excluding steroid dienone is 3. The van der Waals surface area contributed by atoms with E-state index in [4.69, 9.17) is 15.2 Å². The van der Waals surface area contributed by atoms with Crippen LogP contribution in [0.15, 0.2) is 85.1 Å². The Bertz CT molecular complexity index is 1820. The number of imide groups is 1. The van der Waals surface area contributed by atoms with E-state index < -0.39 is 42.5 Å². The molecule has 0 aliphatic heterocycles. The summed E-state index contributed by atoms with van der Waals surface area (Å²) in [5, 5.41) is 6.47. The van der Waals surface area contributed by atoms with Crippen molar-refractivity contribution >= 4 is 29.2 Å². The SMILES string of the molecule is C/C=C/C(=O)NC(=O)N(C)c1cc[nH]c(C(=O)c2cnn(-c3cnc(OC4C(F)=CC=CC4F)cc3C)c2N)cccc1OCCCF. The van der Waals surface area contributed by atoms with Crippen molar-refractivity contribution in [2.75, 3.05) is 31.0 Å². The molecule has 3 amide bonds. The number of urea groups is 1. The number of aryl methyl sites for hydroxylation is 1. The highest BCUT2D eigenvalue weighted by Crippen LogP contribution is 2.28. The minimum Gasteiger partial charge on any atom is -0.491 e. The first kappa shape index (κ1) is 35.0. The maximum absolute atomic E-state index is 14.2. The van der Waals surface area contributed by atoms with Crippen LogP contribution in [0.5, 0.6) is 11.6 Å². The van der Waals surface area contributed by atoms with Crippen molar-refractivity contribution in [2.24, 2.45) is 0 Å². The Labute approximate surface area is 274 Å². The van der Waals surface area contributed by atoms with Crippen LogP contribution < -0.4 is 25.4 Å². The van der Waals surface area contributed by atoms with Gasteiger partial charge in [-0.25, -0.2) is 23.2 Å². The normalized spacial score (nSPS) is 15.4. The number of ether oxygens (including phenoxy) is 2. The zero-order valence-electron chi connectivity index (χ0n) is 26.3. The minimum absolute atomic E-state index is 0.00271. The fraction of sp³-hybridized carbons (Fsp3) is 0.242. The molecule has 0 bridgehead atoms. The van der Waals surface area contributed by atoms with Gasteiger partial charge in [-0.05, 0) is 55.8 Å². The summed E-state index contributed by atoms with van der Waals surface area (Å²) in [5.74, 6) is -1.79. The fourth-order valence-corrected chi connectivity index (χ4v) is 4.46. The Morgan fingerprint density at radius 1 is 1.23 bits per heavy atom. The molecule has 0 radical (unpaired) electrons. The van der Waals surface area contributed by atoms with Crippen molar-refractivity contribution in [2.45, 2.75) is 32.5 Å². The molecule has 0 aromatic carbocycles. The quantitative estimate of drug-likeness (QED) is 0.141. The fourth-order valence-electron chi connectivity index (χ4n) is 4.46. The van der Waals surface area contributed by atoms with Gasteiger partial charge in [0.2, 0.25) is 11.7 Å². The van der Waals surface area contributed by atoms with Gasteiger partial charge in [-0.15, -0.1) is 0 Å². The van der Waals surface area contributed by atoms with E-state index >= 15 is 0 Å². The summed E-state index contributed by atoms with van der Waals surface area (Å²) in [5.41, 5.74) is 7.62. The molecule has 0 saturated carbocycles. The Hall–Kier alpha value is -5.86. The number of carbonyl (C=O) groups is 3. The Kier molecular flexibility index (Phi) is 11.7. The lowest BCUT2D eigenvalue weighted by Crippen LogP contribution is -2.40. The predicted octanol–water partition coefficient (Wildman–Crippen LogP) is 5.34. The largest absolute Gasteiger partial charge is 0.491 e. The lowest BCUT2D eigenvalue weighted by atomic mass is 10.1. The van der Waals surface area contributed by atoms with Crippen LogP contribution >= 0.6 is 0 Å². The second-order valence-corrected chi connectivity index (χ2v) is 10.3. The predicted molar refractivity (Wildman–Crippen MR) is 173 cm³/mol. The highest BCUT2D eigenvalue weighted by molar-refractivity contribution is 6.10. The van der Waals surface area contributed by atoms with Crippen LogP contribution in [0.25, 0.3) is 5.69 Å². The number of H-pyrrole nitrogens is 1. The van der Waals surface area contributed by atoms with Crippen LogP contribution in [0.1, 0.15) is 35.0 Å². The maximum Gasteiger partial charge on any atom is 0.328 e. The van der Waals surface area contributed by atoms with Crippen LogP contribution in [0.3, 0.4) is 0 Å². The van der Waals surface area contributed by atoms with Crippen LogP contribution in [0, 0.1) is 6.92 Å². The number of anilines is 2. The second-order valence-electron chi connectivity index (χ2n) is 10.3. The summed E-state index contributed by atoms with van der Waals surface area (Å²) < 4.78 is 53.5. The van der Waals surface area contributed by atoms with Gasteiger partial charge in [0.1, 0.15) is 17.4 Å². The smallest absolute Gasteiger partial charge is 0.328 e. The Balaban J connectivity index is 1.62. The molecule has 0 fully saturated rings. The van der Waals surface area contributed by atoms with Crippen molar-refractivity contribution in [1.82, 2.24) is 25.1 Å². The molecule has 0 spiro atoms. The van der Waals surface area contributed by atoms with E-state index in [9.17, 15) is 27.6 Å². The van der Waals surface area contributed by atoms with E-state index in [0.29, 0.717) is 11.3 Å². The van der Waals surface area contributed by atoms with E-state index in [1.807, 2.05) is 0 Å². The summed E-state index contributed by atoms with van der Waals surface area (Å²) in [6.45, 7) is 2.70. The molecule has 1 aliphatic rings. The van der Waals surface area contributed by atoms with Gasteiger partial charge in [0.05, 0.1) is 48.3 Å². The number of ketones is 1. The number of hydrogen-bond donors (Lipinski definition) is 3. The summed E-state index contributed by atoms with van der Waals surface area (Å²) in [6.07, 6.45) is 7.21. The number of halogens is 3. The van der Waals surface area contributed by atoms with E-state index in [0.717, 1.165) is 11.0 Å².